The molecule has 0 aromatic carbocycles. The van der Waals surface area contributed by atoms with Crippen LogP contribution in [0.4, 0.5) is 23.1 Å². The van der Waals surface area contributed by atoms with Gasteiger partial charge in [-0.3, -0.25) is 0 Å². The van der Waals surface area contributed by atoms with Gasteiger partial charge in [0.2, 0.25) is 0 Å². The second kappa shape index (κ2) is 7.06. The molecule has 0 aliphatic carbocycles. The Labute approximate surface area is 138 Å². The van der Waals surface area contributed by atoms with Crippen molar-refractivity contribution >= 4 is 34.5 Å². The quantitative estimate of drug-likeness (QED) is 0.644. The summed E-state index contributed by atoms with van der Waals surface area (Å²) in [6.45, 7) is 2.76. The van der Waals surface area contributed by atoms with E-state index in [0.717, 1.165) is 18.5 Å². The van der Waals surface area contributed by atoms with Gasteiger partial charge in [-0.2, -0.15) is 0 Å². The first-order valence-corrected chi connectivity index (χ1v) is 8.17. The number of aryl methyl sites for hydroxylation is 1. The average Bonchev–Trinajstić information content (AvgIpc) is 3.06. The highest BCUT2D eigenvalue weighted by atomic mass is 32.1. The number of aromatic nitrogens is 3. The lowest BCUT2D eigenvalue weighted by molar-refractivity contribution is 1.02. The monoisotopic (exact) mass is 326 g/mol. The largest absolute Gasteiger partial charge is 0.393 e. The zero-order valence-corrected chi connectivity index (χ0v) is 13.6. The van der Waals surface area contributed by atoms with Crippen molar-refractivity contribution in [1.82, 2.24) is 15.0 Å². The van der Waals surface area contributed by atoms with E-state index < -0.39 is 0 Å². The topological polar surface area (TPSA) is 88.8 Å². The Hall–Kier alpha value is -2.67. The van der Waals surface area contributed by atoms with E-state index in [1.807, 2.05) is 19.1 Å². The molecule has 0 fully saturated rings. The molecule has 23 heavy (non-hydrogen) atoms. The number of nitrogens with two attached hydrogens (primary N) is 1. The van der Waals surface area contributed by atoms with Crippen LogP contribution >= 0.6 is 11.3 Å². The molecule has 118 valence electrons. The molecular weight excluding hydrogens is 308 g/mol. The van der Waals surface area contributed by atoms with Crippen LogP contribution in [0.1, 0.15) is 10.4 Å². The van der Waals surface area contributed by atoms with Gasteiger partial charge in [0.1, 0.15) is 17.8 Å². The Balaban J connectivity index is 1.66. The van der Waals surface area contributed by atoms with Crippen molar-refractivity contribution in [3.8, 4) is 0 Å². The first-order valence-electron chi connectivity index (χ1n) is 7.29. The third kappa shape index (κ3) is 3.95. The van der Waals surface area contributed by atoms with Crippen molar-refractivity contribution in [3.05, 3.63) is 52.6 Å². The molecule has 0 aliphatic rings. The van der Waals surface area contributed by atoms with Gasteiger partial charge in [-0.1, -0.05) is 12.1 Å². The van der Waals surface area contributed by atoms with Crippen LogP contribution in [-0.4, -0.2) is 21.5 Å². The summed E-state index contributed by atoms with van der Waals surface area (Å²) in [6.07, 6.45) is 4.21. The van der Waals surface area contributed by atoms with E-state index in [1.54, 1.807) is 17.5 Å². The van der Waals surface area contributed by atoms with Gasteiger partial charge in [0.25, 0.3) is 0 Å². The van der Waals surface area contributed by atoms with Crippen molar-refractivity contribution in [3.63, 3.8) is 0 Å². The standard InChI is InChI=1S/C16H18N6S/c1-11-4-5-13(19-9-11)22-16-14(17)15(20-10-21-16)18-7-6-12-3-2-8-23-12/h2-5,8-10H,6-7,17H2,1H3,(H2,18,19,20,21,22). The molecule has 0 atom stereocenters. The summed E-state index contributed by atoms with van der Waals surface area (Å²) in [5, 5.41) is 8.45. The number of pyridine rings is 1. The Kier molecular flexibility index (Phi) is 4.68. The van der Waals surface area contributed by atoms with E-state index in [0.29, 0.717) is 23.1 Å². The van der Waals surface area contributed by atoms with Crippen LogP contribution in [0.25, 0.3) is 0 Å². The molecule has 3 aromatic rings. The molecule has 3 rings (SSSR count). The molecule has 0 unspecified atom stereocenters. The van der Waals surface area contributed by atoms with Crippen LogP contribution in [0.5, 0.6) is 0 Å². The second-order valence-electron chi connectivity index (χ2n) is 5.09. The number of rotatable bonds is 6. The van der Waals surface area contributed by atoms with Gasteiger partial charge in [-0.25, -0.2) is 15.0 Å². The fourth-order valence-corrected chi connectivity index (χ4v) is 2.77. The molecule has 4 N–H and O–H groups in total. The zero-order chi connectivity index (χ0) is 16.1. The van der Waals surface area contributed by atoms with Gasteiger partial charge in [0.15, 0.2) is 11.6 Å². The van der Waals surface area contributed by atoms with E-state index in [4.69, 9.17) is 5.73 Å². The van der Waals surface area contributed by atoms with E-state index >= 15 is 0 Å². The lowest BCUT2D eigenvalue weighted by Gasteiger charge is -2.12. The lowest BCUT2D eigenvalue weighted by Crippen LogP contribution is -2.10. The highest BCUT2D eigenvalue weighted by molar-refractivity contribution is 7.09. The zero-order valence-electron chi connectivity index (χ0n) is 12.8. The molecule has 7 heteroatoms. The van der Waals surface area contributed by atoms with E-state index in [1.165, 1.54) is 11.2 Å². The molecule has 0 aliphatic heterocycles. The summed E-state index contributed by atoms with van der Waals surface area (Å²) in [7, 11) is 0. The third-order valence-corrected chi connectivity index (χ3v) is 4.22. The van der Waals surface area contributed by atoms with E-state index in [2.05, 4.69) is 43.1 Å². The van der Waals surface area contributed by atoms with Crippen molar-refractivity contribution < 1.29 is 0 Å². The first kappa shape index (κ1) is 15.2. The molecule has 0 radical (unpaired) electrons. The Bertz CT molecular complexity index is 755. The number of nitrogen functional groups attached to an aromatic ring is 1. The summed E-state index contributed by atoms with van der Waals surface area (Å²) < 4.78 is 0. The summed E-state index contributed by atoms with van der Waals surface area (Å²) in [4.78, 5) is 14.0. The van der Waals surface area contributed by atoms with E-state index in [-0.39, 0.29) is 0 Å². The van der Waals surface area contributed by atoms with E-state index in [9.17, 15) is 0 Å². The van der Waals surface area contributed by atoms with Crippen LogP contribution in [0.3, 0.4) is 0 Å². The van der Waals surface area contributed by atoms with Crippen molar-refractivity contribution in [2.24, 2.45) is 0 Å². The molecular formula is C16H18N6S. The summed E-state index contributed by atoms with van der Waals surface area (Å²) >= 11 is 1.74. The molecule has 3 heterocycles. The van der Waals surface area contributed by atoms with Crippen LogP contribution in [0.15, 0.2) is 42.2 Å². The van der Waals surface area contributed by atoms with Crippen LogP contribution in [0, 0.1) is 6.92 Å². The lowest BCUT2D eigenvalue weighted by atomic mass is 10.3. The predicted octanol–water partition coefficient (Wildman–Crippen LogP) is 3.22. The maximum Gasteiger partial charge on any atom is 0.160 e. The van der Waals surface area contributed by atoms with Crippen LogP contribution in [0.2, 0.25) is 0 Å². The number of anilines is 4. The SMILES string of the molecule is Cc1ccc(Nc2ncnc(NCCc3cccs3)c2N)nc1. The second-order valence-corrected chi connectivity index (χ2v) is 6.12. The molecule has 0 spiro atoms. The minimum atomic E-state index is 0.487. The first-order chi connectivity index (χ1) is 11.2. The third-order valence-electron chi connectivity index (χ3n) is 3.29. The summed E-state index contributed by atoms with van der Waals surface area (Å²) in [5.74, 6) is 1.88. The van der Waals surface area contributed by atoms with Crippen molar-refractivity contribution in [2.45, 2.75) is 13.3 Å². The fourth-order valence-electron chi connectivity index (χ4n) is 2.06. The average molecular weight is 326 g/mol. The minimum absolute atomic E-state index is 0.487. The highest BCUT2D eigenvalue weighted by Crippen LogP contribution is 2.25. The number of hydrogen-bond donors (Lipinski definition) is 3. The Morgan fingerprint density at radius 3 is 2.74 bits per heavy atom. The number of nitrogens with one attached hydrogen (secondary N) is 2. The number of nitrogens with zero attached hydrogens (tertiary/aromatic N) is 3. The van der Waals surface area contributed by atoms with Gasteiger partial charge < -0.3 is 16.4 Å². The van der Waals surface area contributed by atoms with Gasteiger partial charge in [0.05, 0.1) is 0 Å². The molecule has 0 amide bonds. The summed E-state index contributed by atoms with van der Waals surface area (Å²) in [5.41, 5.74) is 7.73. The number of hydrogen-bond acceptors (Lipinski definition) is 7. The normalized spacial score (nSPS) is 10.5. The van der Waals surface area contributed by atoms with Crippen LogP contribution < -0.4 is 16.4 Å². The molecule has 0 saturated heterocycles. The van der Waals surface area contributed by atoms with Gasteiger partial charge in [-0.05, 0) is 36.4 Å². The van der Waals surface area contributed by atoms with Crippen LogP contribution in [-0.2, 0) is 6.42 Å². The number of thiophene rings is 1. The highest BCUT2D eigenvalue weighted by Gasteiger charge is 2.08. The molecule has 6 nitrogen and oxygen atoms in total. The Morgan fingerprint density at radius 1 is 1.13 bits per heavy atom. The van der Waals surface area contributed by atoms with Crippen molar-refractivity contribution in [1.29, 1.82) is 0 Å². The Morgan fingerprint density at radius 2 is 2.00 bits per heavy atom. The van der Waals surface area contributed by atoms with Gasteiger partial charge in [-0.15, -0.1) is 11.3 Å². The maximum absolute atomic E-state index is 6.15. The predicted molar refractivity (Wildman–Crippen MR) is 95.2 cm³/mol. The summed E-state index contributed by atoms with van der Waals surface area (Å²) in [6, 6.07) is 8.04. The minimum Gasteiger partial charge on any atom is -0.393 e. The smallest absolute Gasteiger partial charge is 0.160 e. The van der Waals surface area contributed by atoms with Gasteiger partial charge in [0, 0.05) is 17.6 Å². The molecule has 3 aromatic heterocycles. The fraction of sp³-hybridized carbons (Fsp3) is 0.188. The molecule has 0 saturated carbocycles. The maximum atomic E-state index is 6.15. The van der Waals surface area contributed by atoms with Crippen molar-refractivity contribution in [2.75, 3.05) is 22.9 Å². The molecule has 0 bridgehead atoms. The van der Waals surface area contributed by atoms with Gasteiger partial charge >= 0.3 is 0 Å².